The van der Waals surface area contributed by atoms with Crippen LogP contribution in [0.5, 0.6) is 0 Å². The van der Waals surface area contributed by atoms with Crippen LogP contribution in [0.15, 0.2) is 194 Å². The number of rotatable bonds is 6. The van der Waals surface area contributed by atoms with Crippen molar-refractivity contribution in [2.75, 3.05) is 9.80 Å². The van der Waals surface area contributed by atoms with Crippen molar-refractivity contribution in [2.45, 2.75) is 148 Å². The number of hydrogen-bond donors (Lipinski definition) is 0. The topological polar surface area (TPSA) is 6.48 Å². The van der Waals surface area contributed by atoms with E-state index >= 15 is 0 Å². The van der Waals surface area contributed by atoms with Crippen molar-refractivity contribution in [3.63, 3.8) is 0 Å². The molecule has 8 aliphatic carbocycles. The zero-order valence-corrected chi connectivity index (χ0v) is 53.2. The van der Waals surface area contributed by atoms with E-state index in [4.69, 9.17) is 0 Å². The Morgan fingerprint density at radius 3 is 1.14 bits per heavy atom. The molecule has 0 N–H and O–H groups in total. The molecule has 0 radical (unpaired) electrons. The van der Waals surface area contributed by atoms with Crippen molar-refractivity contribution >= 4 is 44.9 Å². The van der Waals surface area contributed by atoms with Crippen LogP contribution in [0.1, 0.15) is 171 Å². The van der Waals surface area contributed by atoms with Gasteiger partial charge in [-0.05, 0) is 256 Å². The van der Waals surface area contributed by atoms with Crippen molar-refractivity contribution < 1.29 is 0 Å². The fourth-order valence-electron chi connectivity index (χ4n) is 19.3. The lowest BCUT2D eigenvalue weighted by atomic mass is 9.43. The molecule has 0 unspecified atom stereocenters. The van der Waals surface area contributed by atoms with Crippen LogP contribution in [0.4, 0.5) is 34.1 Å². The molecule has 432 valence electrons. The smallest absolute Gasteiger partial charge is 0.0468 e. The number of benzene rings is 10. The number of anilines is 6. The number of fused-ring (bicyclic) bond motifs is 14. The molecule has 2 nitrogen and oxygen atoms in total. The van der Waals surface area contributed by atoms with Gasteiger partial charge in [-0.1, -0.05) is 198 Å². The van der Waals surface area contributed by atoms with E-state index in [1.54, 1.807) is 11.1 Å². The van der Waals surface area contributed by atoms with Gasteiger partial charge in [-0.3, -0.25) is 0 Å². The molecule has 10 aromatic carbocycles. The van der Waals surface area contributed by atoms with Crippen LogP contribution < -0.4 is 9.80 Å². The third-order valence-corrected chi connectivity index (χ3v) is 23.5. The molecule has 4 bridgehead atoms. The highest BCUT2D eigenvalue weighted by Crippen LogP contribution is 2.71. The Morgan fingerprint density at radius 2 is 0.667 bits per heavy atom. The molecule has 4 saturated carbocycles. The third-order valence-electron chi connectivity index (χ3n) is 23.5. The number of nitrogens with zero attached hydrogens (tertiary/aromatic N) is 2. The fraction of sp³-hybridized carbons (Fsp3) is 0.318. The number of hydrogen-bond acceptors (Lipinski definition) is 2. The minimum atomic E-state index is -0.231. The van der Waals surface area contributed by atoms with Crippen molar-refractivity contribution in [3.8, 4) is 44.5 Å². The second-order valence-electron chi connectivity index (χ2n) is 31.4. The van der Waals surface area contributed by atoms with E-state index in [1.165, 1.54) is 166 Å². The lowest BCUT2D eigenvalue weighted by Crippen LogP contribution is -2.55. The van der Waals surface area contributed by atoms with Crippen LogP contribution in [0.3, 0.4) is 0 Å². The van der Waals surface area contributed by atoms with Crippen molar-refractivity contribution in [1.29, 1.82) is 0 Å². The first-order valence-corrected chi connectivity index (χ1v) is 32.8. The van der Waals surface area contributed by atoms with Gasteiger partial charge >= 0.3 is 0 Å². The molecule has 87 heavy (non-hydrogen) atoms. The van der Waals surface area contributed by atoms with Crippen LogP contribution in [0, 0.1) is 23.7 Å². The molecule has 2 heteroatoms. The molecule has 8 aliphatic rings. The maximum atomic E-state index is 2.80. The summed E-state index contributed by atoms with van der Waals surface area (Å²) >= 11 is 0. The van der Waals surface area contributed by atoms with Gasteiger partial charge in [0.1, 0.15) is 0 Å². The van der Waals surface area contributed by atoms with Gasteiger partial charge in [0, 0.05) is 55.8 Å². The summed E-state index contributed by atoms with van der Waals surface area (Å²) in [6.07, 6.45) is 6.78. The first-order valence-electron chi connectivity index (χ1n) is 32.8. The Labute approximate surface area is 517 Å². The molecule has 1 spiro atoms. The predicted octanol–water partition coefficient (Wildman–Crippen LogP) is 23.0. The van der Waals surface area contributed by atoms with Crippen LogP contribution >= 0.6 is 0 Å². The van der Waals surface area contributed by atoms with E-state index in [0.717, 1.165) is 11.8 Å². The lowest BCUT2D eigenvalue weighted by Gasteiger charge is -2.61. The van der Waals surface area contributed by atoms with Crippen molar-refractivity contribution in [1.82, 2.24) is 0 Å². The van der Waals surface area contributed by atoms with Gasteiger partial charge in [0.2, 0.25) is 0 Å². The molecule has 0 atom stereocenters. The van der Waals surface area contributed by atoms with Gasteiger partial charge in [-0.15, -0.1) is 0 Å². The summed E-state index contributed by atoms with van der Waals surface area (Å²) < 4.78 is 0. The second-order valence-corrected chi connectivity index (χ2v) is 31.4. The van der Waals surface area contributed by atoms with E-state index in [0.29, 0.717) is 11.8 Å². The van der Waals surface area contributed by atoms with E-state index in [1.807, 2.05) is 0 Å². The maximum absolute atomic E-state index is 2.80. The van der Waals surface area contributed by atoms with Gasteiger partial charge in [0.15, 0.2) is 0 Å². The second kappa shape index (κ2) is 17.9. The first-order chi connectivity index (χ1) is 41.6. The van der Waals surface area contributed by atoms with Gasteiger partial charge in [-0.25, -0.2) is 0 Å². The molecule has 10 aromatic rings. The normalized spacial score (nSPS) is 22.1. The van der Waals surface area contributed by atoms with E-state index in [-0.39, 0.29) is 32.5 Å². The molecule has 0 amide bonds. The summed E-state index contributed by atoms with van der Waals surface area (Å²) in [5, 5.41) is 2.80. The Kier molecular flexibility index (Phi) is 10.9. The molecular formula is C85H82N2. The van der Waals surface area contributed by atoms with Gasteiger partial charge < -0.3 is 9.80 Å². The van der Waals surface area contributed by atoms with Crippen LogP contribution in [0.25, 0.3) is 55.3 Å². The van der Waals surface area contributed by atoms with Crippen LogP contribution in [-0.4, -0.2) is 0 Å². The van der Waals surface area contributed by atoms with Gasteiger partial charge in [-0.2, -0.15) is 0 Å². The van der Waals surface area contributed by atoms with Crippen molar-refractivity contribution in [2.24, 2.45) is 23.7 Å². The molecule has 18 rings (SSSR count). The summed E-state index contributed by atoms with van der Waals surface area (Å²) in [5.74, 6) is 2.91. The Balaban J connectivity index is 0.831. The summed E-state index contributed by atoms with van der Waals surface area (Å²) in [6.45, 7) is 28.6. The Hall–Kier alpha value is -7.94. The summed E-state index contributed by atoms with van der Waals surface area (Å²) in [6, 6.07) is 77.0. The van der Waals surface area contributed by atoms with E-state index < -0.39 is 0 Å². The van der Waals surface area contributed by atoms with Crippen molar-refractivity contribution in [3.05, 3.63) is 250 Å². The van der Waals surface area contributed by atoms with Gasteiger partial charge in [0.05, 0.1) is 0 Å². The minimum Gasteiger partial charge on any atom is -0.310 e. The third kappa shape index (κ3) is 7.40. The van der Waals surface area contributed by atoms with Crippen LogP contribution in [0.2, 0.25) is 0 Å². The Morgan fingerprint density at radius 1 is 0.310 bits per heavy atom. The molecule has 0 aromatic heterocycles. The molecule has 4 fully saturated rings. The standard InChI is InChI=1S/C85H82N2/c1-80(2,3)53-23-28-57(29-24-53)86(60-32-36-65-63-17-13-15-19-72(63)82(7,8)74(65)45-60)59-27-21-52-22-35-68-71-48-70-67-38-34-62(47-76(67)84(11,12)77(70)49-78(71)85(79(68)69(52)44-59)55-40-50-39-51(42-55)43-56(85)41-50)87(58-30-25-54(26-31-58)81(4,5)6)61-33-37-66-64-18-14-16-20-73(64)83(9,10)75(66)46-61/h13-38,44-51,55-56H,39-43H2,1-12H3. The highest BCUT2D eigenvalue weighted by Gasteiger charge is 2.62. The highest BCUT2D eigenvalue weighted by molar-refractivity contribution is 6.02. The summed E-state index contributed by atoms with van der Waals surface area (Å²) in [5.41, 5.74) is 32.4. The highest BCUT2D eigenvalue weighted by atomic mass is 15.1. The zero-order chi connectivity index (χ0) is 59.6. The molecule has 0 heterocycles. The van der Waals surface area contributed by atoms with Gasteiger partial charge in [0.25, 0.3) is 0 Å². The SMILES string of the molecule is CC(C)(C)c1ccc(N(c2ccc3c(c2)C(C)(C)c2ccccc2-3)c2ccc3c(c2)C(C)(C)c2cc4c(cc2-3)-c2ccc3ccc(N(c5ccc(C(C)(C)C)cc5)c5ccc6c(c5)C(C)(C)c5ccccc5-6)cc3c2C42C3CC4CC(C3)CC2C4)cc1. The monoisotopic (exact) mass is 1130 g/mol. The lowest BCUT2D eigenvalue weighted by molar-refractivity contribution is -0.0394. The average Bonchev–Trinajstić information content (AvgIpc) is 1.55. The first kappa shape index (κ1) is 53.3. The van der Waals surface area contributed by atoms with E-state index in [9.17, 15) is 0 Å². The molecular weight excluding hydrogens is 1050 g/mol. The van der Waals surface area contributed by atoms with Crippen LogP contribution in [-0.2, 0) is 32.5 Å². The Bertz CT molecular complexity index is 4540. The predicted molar refractivity (Wildman–Crippen MR) is 367 cm³/mol. The zero-order valence-electron chi connectivity index (χ0n) is 53.2. The fourth-order valence-corrected chi connectivity index (χ4v) is 19.3. The maximum Gasteiger partial charge on any atom is 0.0468 e. The van der Waals surface area contributed by atoms with E-state index in [2.05, 4.69) is 287 Å². The minimum absolute atomic E-state index is 0.0498. The quantitative estimate of drug-likeness (QED) is 0.164. The summed E-state index contributed by atoms with van der Waals surface area (Å²) in [7, 11) is 0. The summed E-state index contributed by atoms with van der Waals surface area (Å²) in [4.78, 5) is 5.11. The molecule has 0 aliphatic heterocycles. The molecule has 0 saturated heterocycles. The largest absolute Gasteiger partial charge is 0.310 e. The average molecular weight is 1130 g/mol.